The second-order valence-corrected chi connectivity index (χ2v) is 6.10. The van der Waals surface area contributed by atoms with E-state index in [9.17, 15) is 4.79 Å². The van der Waals surface area contributed by atoms with Gasteiger partial charge in [-0.05, 0) is 37.6 Å². The zero-order valence-corrected chi connectivity index (χ0v) is 12.9. The van der Waals surface area contributed by atoms with E-state index in [4.69, 9.17) is 4.74 Å². The van der Waals surface area contributed by atoms with Crippen molar-refractivity contribution < 1.29 is 9.53 Å². The highest BCUT2D eigenvalue weighted by Gasteiger charge is 2.21. The van der Waals surface area contributed by atoms with Crippen LogP contribution >= 0.6 is 0 Å². The van der Waals surface area contributed by atoms with Gasteiger partial charge in [0.2, 0.25) is 0 Å². The Labute approximate surface area is 118 Å². The van der Waals surface area contributed by atoms with E-state index in [1.165, 1.54) is 39.2 Å². The van der Waals surface area contributed by atoms with Crippen LogP contribution in [0.25, 0.3) is 0 Å². The fourth-order valence-electron chi connectivity index (χ4n) is 3.14. The molecule has 0 bridgehead atoms. The zero-order valence-electron chi connectivity index (χ0n) is 12.9. The first-order valence-electron chi connectivity index (χ1n) is 7.98. The number of carbonyl (C=O) groups excluding carboxylic acids is 1. The predicted molar refractivity (Wildman–Crippen MR) is 79.1 cm³/mol. The molecule has 1 rings (SSSR count). The van der Waals surface area contributed by atoms with Gasteiger partial charge in [0.05, 0.1) is 7.11 Å². The van der Waals surface area contributed by atoms with Gasteiger partial charge in [0.1, 0.15) is 6.04 Å². The third-order valence-corrected chi connectivity index (χ3v) is 4.32. The number of hydrogen-bond acceptors (Lipinski definition) is 3. The first kappa shape index (κ1) is 16.5. The molecule has 0 aromatic carbocycles. The Bertz CT molecular complexity index is 255. The molecule has 1 fully saturated rings. The van der Waals surface area contributed by atoms with Crippen LogP contribution in [0.15, 0.2) is 0 Å². The van der Waals surface area contributed by atoms with Crippen molar-refractivity contribution in [1.29, 1.82) is 0 Å². The number of rotatable bonds is 8. The Morgan fingerprint density at radius 2 is 2.21 bits per heavy atom. The van der Waals surface area contributed by atoms with Crippen molar-refractivity contribution in [2.24, 2.45) is 11.8 Å². The Morgan fingerprint density at radius 3 is 2.84 bits per heavy atom. The standard InChI is InChI=1S/C16H31NO2/c1-4-5-9-15(16(18)19-3)17-11-10-14-8-6-7-13(2)12-14/h13-15,17H,4-12H2,1-3H3. The highest BCUT2D eigenvalue weighted by Crippen LogP contribution is 2.30. The third kappa shape index (κ3) is 6.42. The van der Waals surface area contributed by atoms with E-state index in [-0.39, 0.29) is 12.0 Å². The van der Waals surface area contributed by atoms with Gasteiger partial charge < -0.3 is 10.1 Å². The van der Waals surface area contributed by atoms with E-state index >= 15 is 0 Å². The summed E-state index contributed by atoms with van der Waals surface area (Å²) in [6, 6.07) is -0.106. The number of hydrogen-bond donors (Lipinski definition) is 1. The number of methoxy groups -OCH3 is 1. The smallest absolute Gasteiger partial charge is 0.322 e. The van der Waals surface area contributed by atoms with Gasteiger partial charge in [-0.1, -0.05) is 46.0 Å². The highest BCUT2D eigenvalue weighted by atomic mass is 16.5. The van der Waals surface area contributed by atoms with Crippen molar-refractivity contribution in [2.75, 3.05) is 13.7 Å². The number of ether oxygens (including phenoxy) is 1. The molecule has 19 heavy (non-hydrogen) atoms. The molecular formula is C16H31NO2. The largest absolute Gasteiger partial charge is 0.468 e. The van der Waals surface area contributed by atoms with Crippen LogP contribution in [0.2, 0.25) is 0 Å². The summed E-state index contributed by atoms with van der Waals surface area (Å²) in [6.45, 7) is 5.46. The van der Waals surface area contributed by atoms with Gasteiger partial charge in [-0.3, -0.25) is 4.79 Å². The molecule has 1 saturated carbocycles. The maximum absolute atomic E-state index is 11.7. The van der Waals surface area contributed by atoms with E-state index in [1.54, 1.807) is 0 Å². The topological polar surface area (TPSA) is 38.3 Å². The third-order valence-electron chi connectivity index (χ3n) is 4.32. The molecule has 3 unspecified atom stereocenters. The van der Waals surface area contributed by atoms with Crippen molar-refractivity contribution in [3.8, 4) is 0 Å². The minimum absolute atomic E-state index is 0.106. The van der Waals surface area contributed by atoms with E-state index in [2.05, 4.69) is 19.2 Å². The maximum atomic E-state index is 11.7. The van der Waals surface area contributed by atoms with Crippen LogP contribution in [-0.2, 0) is 9.53 Å². The van der Waals surface area contributed by atoms with E-state index in [0.29, 0.717) is 0 Å². The SMILES string of the molecule is CCCCC(NCCC1CCCC(C)C1)C(=O)OC. The number of carbonyl (C=O) groups is 1. The van der Waals surface area contributed by atoms with Crippen molar-refractivity contribution >= 4 is 5.97 Å². The lowest BCUT2D eigenvalue weighted by Crippen LogP contribution is -2.38. The molecule has 0 saturated heterocycles. The fraction of sp³-hybridized carbons (Fsp3) is 0.938. The second-order valence-electron chi connectivity index (χ2n) is 6.10. The molecule has 1 N–H and O–H groups in total. The molecule has 112 valence electrons. The number of unbranched alkanes of at least 4 members (excludes halogenated alkanes) is 1. The van der Waals surface area contributed by atoms with Gasteiger partial charge in [-0.2, -0.15) is 0 Å². The average molecular weight is 269 g/mol. The molecule has 3 atom stereocenters. The van der Waals surface area contributed by atoms with Gasteiger partial charge in [0.25, 0.3) is 0 Å². The average Bonchev–Trinajstić information content (AvgIpc) is 2.42. The maximum Gasteiger partial charge on any atom is 0.322 e. The van der Waals surface area contributed by atoms with Crippen LogP contribution in [0.1, 0.15) is 65.2 Å². The molecule has 1 aliphatic carbocycles. The van der Waals surface area contributed by atoms with Crippen molar-refractivity contribution in [3.63, 3.8) is 0 Å². The summed E-state index contributed by atoms with van der Waals surface area (Å²) in [5.41, 5.74) is 0. The van der Waals surface area contributed by atoms with Gasteiger partial charge >= 0.3 is 5.97 Å². The number of esters is 1. The lowest BCUT2D eigenvalue weighted by Gasteiger charge is -2.27. The summed E-state index contributed by atoms with van der Waals surface area (Å²) in [4.78, 5) is 11.7. The lowest BCUT2D eigenvalue weighted by molar-refractivity contribution is -0.143. The Balaban J connectivity index is 2.24. The minimum atomic E-state index is -0.106. The highest BCUT2D eigenvalue weighted by molar-refractivity contribution is 5.75. The Morgan fingerprint density at radius 1 is 1.42 bits per heavy atom. The normalized spacial score (nSPS) is 25.0. The van der Waals surface area contributed by atoms with E-state index < -0.39 is 0 Å². The first-order chi connectivity index (χ1) is 9.17. The Hall–Kier alpha value is -0.570. The van der Waals surface area contributed by atoms with Crippen LogP contribution in [0.4, 0.5) is 0 Å². The monoisotopic (exact) mass is 269 g/mol. The lowest BCUT2D eigenvalue weighted by atomic mass is 9.81. The van der Waals surface area contributed by atoms with Crippen LogP contribution in [0, 0.1) is 11.8 Å². The molecule has 0 heterocycles. The predicted octanol–water partition coefficient (Wildman–Crippen LogP) is 3.52. The van der Waals surface area contributed by atoms with E-state index in [0.717, 1.165) is 37.6 Å². The summed E-state index contributed by atoms with van der Waals surface area (Å²) < 4.78 is 4.87. The molecule has 3 nitrogen and oxygen atoms in total. The molecular weight excluding hydrogens is 238 g/mol. The van der Waals surface area contributed by atoms with Crippen LogP contribution in [0.5, 0.6) is 0 Å². The minimum Gasteiger partial charge on any atom is -0.468 e. The molecule has 0 spiro atoms. The summed E-state index contributed by atoms with van der Waals surface area (Å²) in [6.07, 6.45) is 9.79. The van der Waals surface area contributed by atoms with E-state index in [1.807, 2.05) is 0 Å². The van der Waals surface area contributed by atoms with Gasteiger partial charge in [0, 0.05) is 0 Å². The molecule has 0 radical (unpaired) electrons. The van der Waals surface area contributed by atoms with Gasteiger partial charge in [-0.25, -0.2) is 0 Å². The zero-order chi connectivity index (χ0) is 14.1. The summed E-state index contributed by atoms with van der Waals surface area (Å²) in [7, 11) is 1.48. The second kappa shape index (κ2) is 9.35. The van der Waals surface area contributed by atoms with Crippen molar-refractivity contribution in [3.05, 3.63) is 0 Å². The summed E-state index contributed by atoms with van der Waals surface area (Å²) in [5, 5.41) is 3.39. The van der Waals surface area contributed by atoms with Crippen molar-refractivity contribution in [1.82, 2.24) is 5.32 Å². The quantitative estimate of drug-likeness (QED) is 0.685. The molecule has 0 aliphatic heterocycles. The molecule has 3 heteroatoms. The van der Waals surface area contributed by atoms with Gasteiger partial charge in [0.15, 0.2) is 0 Å². The number of nitrogens with one attached hydrogen (secondary N) is 1. The summed E-state index contributed by atoms with van der Waals surface area (Å²) in [5.74, 6) is 1.63. The first-order valence-corrected chi connectivity index (χ1v) is 7.98. The molecule has 0 aromatic heterocycles. The van der Waals surface area contributed by atoms with Crippen molar-refractivity contribution in [2.45, 2.75) is 71.3 Å². The van der Waals surface area contributed by atoms with Gasteiger partial charge in [-0.15, -0.1) is 0 Å². The fourth-order valence-corrected chi connectivity index (χ4v) is 3.14. The summed E-state index contributed by atoms with van der Waals surface area (Å²) >= 11 is 0. The molecule has 0 amide bonds. The molecule has 0 aromatic rings. The van der Waals surface area contributed by atoms with Crippen LogP contribution in [-0.4, -0.2) is 25.7 Å². The van der Waals surface area contributed by atoms with Crippen LogP contribution in [0.3, 0.4) is 0 Å². The molecule has 1 aliphatic rings. The van der Waals surface area contributed by atoms with Crippen LogP contribution < -0.4 is 5.32 Å². The Kier molecular flexibility index (Phi) is 8.11.